The van der Waals surface area contributed by atoms with Gasteiger partial charge in [0.2, 0.25) is 0 Å². The first kappa shape index (κ1) is 15.3. The van der Waals surface area contributed by atoms with Gasteiger partial charge in [-0.1, -0.05) is 6.07 Å². The lowest BCUT2D eigenvalue weighted by atomic mass is 10.3. The fraction of sp³-hybridized carbons (Fsp3) is 0.286. The van der Waals surface area contributed by atoms with Crippen LogP contribution in [-0.2, 0) is 16.8 Å². The number of nitrogens with one attached hydrogen (secondary N) is 1. The van der Waals surface area contributed by atoms with Gasteiger partial charge in [-0.3, -0.25) is 9.98 Å². The van der Waals surface area contributed by atoms with E-state index in [0.29, 0.717) is 11.4 Å². The van der Waals surface area contributed by atoms with Crippen LogP contribution in [0.5, 0.6) is 0 Å². The molecule has 0 saturated carbocycles. The first-order chi connectivity index (χ1) is 10.9. The van der Waals surface area contributed by atoms with Crippen molar-refractivity contribution in [2.24, 2.45) is 4.99 Å². The van der Waals surface area contributed by atoms with Gasteiger partial charge in [0, 0.05) is 13.2 Å². The zero-order valence-electron chi connectivity index (χ0n) is 13.0. The van der Waals surface area contributed by atoms with E-state index in [1.54, 1.807) is 13.1 Å². The normalized spacial score (nSPS) is 17.7. The van der Waals surface area contributed by atoms with Crippen molar-refractivity contribution in [2.75, 3.05) is 11.4 Å². The quantitative estimate of drug-likeness (QED) is 0.873. The van der Waals surface area contributed by atoms with Crippen LogP contribution in [0.25, 0.3) is 0 Å². The van der Waals surface area contributed by atoms with Gasteiger partial charge in [0.15, 0.2) is 11.7 Å². The molecule has 2 aromatic heterocycles. The Morgan fingerprint density at radius 2 is 1.96 bits per heavy atom. The maximum absolute atomic E-state index is 12.2. The minimum atomic E-state index is -3.73. The molecular formula is C14H16N6O2S. The SMILES string of the molecule is Cc1nc2c(nc1C)N(C)S(=O)(=O)NC2=NCc1ccccn1. The largest absolute Gasteiger partial charge is 0.326 e. The van der Waals surface area contributed by atoms with Crippen molar-refractivity contribution in [3.05, 3.63) is 47.2 Å². The number of pyridine rings is 1. The molecule has 3 heterocycles. The molecule has 0 fully saturated rings. The number of hydrogen-bond donors (Lipinski definition) is 1. The summed E-state index contributed by atoms with van der Waals surface area (Å²) >= 11 is 0. The highest BCUT2D eigenvalue weighted by atomic mass is 32.2. The molecule has 0 radical (unpaired) electrons. The van der Waals surface area contributed by atoms with Gasteiger partial charge >= 0.3 is 10.2 Å². The van der Waals surface area contributed by atoms with Crippen LogP contribution >= 0.6 is 0 Å². The first-order valence-corrected chi connectivity index (χ1v) is 8.39. The zero-order chi connectivity index (χ0) is 16.6. The fourth-order valence-corrected chi connectivity index (χ4v) is 2.98. The monoisotopic (exact) mass is 332 g/mol. The summed E-state index contributed by atoms with van der Waals surface area (Å²) in [5.41, 5.74) is 2.55. The number of anilines is 1. The van der Waals surface area contributed by atoms with Crippen molar-refractivity contribution in [1.29, 1.82) is 0 Å². The van der Waals surface area contributed by atoms with E-state index in [1.807, 2.05) is 25.1 Å². The molecule has 2 aromatic rings. The maximum atomic E-state index is 12.2. The van der Waals surface area contributed by atoms with E-state index in [0.717, 1.165) is 15.7 Å². The molecule has 0 aromatic carbocycles. The molecule has 1 aliphatic rings. The third kappa shape index (κ3) is 2.87. The minimum absolute atomic E-state index is 0.180. The van der Waals surface area contributed by atoms with Crippen LogP contribution in [0.1, 0.15) is 22.8 Å². The second-order valence-corrected chi connectivity index (χ2v) is 6.83. The number of aryl methyl sites for hydroxylation is 2. The van der Waals surface area contributed by atoms with Crippen LogP contribution in [0, 0.1) is 13.8 Å². The van der Waals surface area contributed by atoms with Crippen LogP contribution in [0.4, 0.5) is 5.82 Å². The highest BCUT2D eigenvalue weighted by Crippen LogP contribution is 2.23. The van der Waals surface area contributed by atoms with E-state index in [-0.39, 0.29) is 18.2 Å². The van der Waals surface area contributed by atoms with Crippen molar-refractivity contribution in [3.63, 3.8) is 0 Å². The molecule has 120 valence electrons. The number of hydrogen-bond acceptors (Lipinski definition) is 6. The van der Waals surface area contributed by atoms with Crippen molar-refractivity contribution >= 4 is 21.9 Å². The molecule has 0 unspecified atom stereocenters. The second-order valence-electron chi connectivity index (χ2n) is 5.13. The van der Waals surface area contributed by atoms with Gasteiger partial charge in [0.25, 0.3) is 0 Å². The molecule has 23 heavy (non-hydrogen) atoms. The van der Waals surface area contributed by atoms with E-state index in [1.165, 1.54) is 7.05 Å². The van der Waals surface area contributed by atoms with Crippen molar-refractivity contribution < 1.29 is 8.42 Å². The Morgan fingerprint density at radius 1 is 1.22 bits per heavy atom. The average Bonchev–Trinajstić information content (AvgIpc) is 2.53. The highest BCUT2D eigenvalue weighted by Gasteiger charge is 2.33. The number of nitrogens with zero attached hydrogens (tertiary/aromatic N) is 5. The number of aromatic nitrogens is 3. The molecule has 0 amide bonds. The topological polar surface area (TPSA) is 100 Å². The smallest absolute Gasteiger partial charge is 0.259 e. The van der Waals surface area contributed by atoms with Gasteiger partial charge in [-0.05, 0) is 26.0 Å². The summed E-state index contributed by atoms with van der Waals surface area (Å²) in [6, 6.07) is 5.48. The fourth-order valence-electron chi connectivity index (χ4n) is 2.08. The average molecular weight is 332 g/mol. The molecule has 9 heteroatoms. The van der Waals surface area contributed by atoms with E-state index < -0.39 is 10.2 Å². The van der Waals surface area contributed by atoms with Crippen LogP contribution < -0.4 is 9.03 Å². The molecule has 0 spiro atoms. The van der Waals surface area contributed by atoms with Crippen molar-refractivity contribution in [2.45, 2.75) is 20.4 Å². The van der Waals surface area contributed by atoms with Crippen LogP contribution in [0.2, 0.25) is 0 Å². The van der Waals surface area contributed by atoms with E-state index in [4.69, 9.17) is 0 Å². The third-order valence-electron chi connectivity index (χ3n) is 3.52. The molecule has 1 N–H and O–H groups in total. The molecule has 8 nitrogen and oxygen atoms in total. The molecule has 1 aliphatic heterocycles. The zero-order valence-corrected chi connectivity index (χ0v) is 13.8. The number of aliphatic imine (C=N–C) groups is 1. The lowest BCUT2D eigenvalue weighted by Gasteiger charge is -2.27. The predicted octanol–water partition coefficient (Wildman–Crippen LogP) is 0.719. The number of amidine groups is 1. The lowest BCUT2D eigenvalue weighted by Crippen LogP contribution is -2.48. The minimum Gasteiger partial charge on any atom is -0.259 e. The van der Waals surface area contributed by atoms with Crippen molar-refractivity contribution in [3.8, 4) is 0 Å². The van der Waals surface area contributed by atoms with E-state index in [2.05, 4.69) is 24.7 Å². The van der Waals surface area contributed by atoms with Crippen molar-refractivity contribution in [1.82, 2.24) is 19.7 Å². The third-order valence-corrected chi connectivity index (χ3v) is 4.87. The first-order valence-electron chi connectivity index (χ1n) is 6.95. The number of rotatable bonds is 2. The van der Waals surface area contributed by atoms with Gasteiger partial charge in [-0.25, -0.2) is 19.0 Å². The molecule has 0 saturated heterocycles. The Labute approximate surface area is 134 Å². The highest BCUT2D eigenvalue weighted by molar-refractivity contribution is 7.91. The summed E-state index contributed by atoms with van der Waals surface area (Å²) in [6.45, 7) is 3.86. The van der Waals surface area contributed by atoms with Gasteiger partial charge in [0.1, 0.15) is 5.69 Å². The Hall–Kier alpha value is -2.55. The summed E-state index contributed by atoms with van der Waals surface area (Å²) < 4.78 is 27.9. The molecule has 0 bridgehead atoms. The summed E-state index contributed by atoms with van der Waals surface area (Å²) in [5, 5.41) is 0. The Kier molecular flexibility index (Phi) is 3.72. The summed E-state index contributed by atoms with van der Waals surface area (Å²) in [7, 11) is -2.30. The van der Waals surface area contributed by atoms with E-state index >= 15 is 0 Å². The Morgan fingerprint density at radius 3 is 2.65 bits per heavy atom. The molecule has 3 rings (SSSR count). The van der Waals surface area contributed by atoms with Crippen LogP contribution in [0.15, 0.2) is 29.4 Å². The predicted molar refractivity (Wildman–Crippen MR) is 86.4 cm³/mol. The van der Waals surface area contributed by atoms with Crippen LogP contribution in [0.3, 0.4) is 0 Å². The second kappa shape index (κ2) is 5.58. The number of fused-ring (bicyclic) bond motifs is 1. The Balaban J connectivity index is 2.08. The Bertz CT molecular complexity index is 880. The lowest BCUT2D eigenvalue weighted by molar-refractivity contribution is 0.588. The standard InChI is InChI=1S/C14H16N6O2S/c1-9-10(2)18-14-12(17-9)13(19-23(21,22)20(14)3)16-8-11-6-4-5-7-15-11/h4-7H,8H2,1-3H3,(H,16,19). The summed E-state index contributed by atoms with van der Waals surface area (Å²) in [5.74, 6) is 0.450. The molecular weight excluding hydrogens is 316 g/mol. The summed E-state index contributed by atoms with van der Waals surface area (Å²) in [6.07, 6.45) is 1.66. The molecule has 0 atom stereocenters. The van der Waals surface area contributed by atoms with Gasteiger partial charge in [-0.15, -0.1) is 0 Å². The van der Waals surface area contributed by atoms with Crippen LogP contribution in [-0.4, -0.2) is 36.3 Å². The molecule has 0 aliphatic carbocycles. The van der Waals surface area contributed by atoms with E-state index in [9.17, 15) is 8.42 Å². The van der Waals surface area contributed by atoms with Gasteiger partial charge < -0.3 is 0 Å². The summed E-state index contributed by atoms with van der Waals surface area (Å²) in [4.78, 5) is 17.3. The van der Waals surface area contributed by atoms with Gasteiger partial charge in [-0.2, -0.15) is 8.42 Å². The maximum Gasteiger partial charge on any atom is 0.326 e. The van der Waals surface area contributed by atoms with Gasteiger partial charge in [0.05, 0.1) is 23.6 Å².